The summed E-state index contributed by atoms with van der Waals surface area (Å²) in [4.78, 5) is 23.8. The Bertz CT molecular complexity index is 518. The van der Waals surface area contributed by atoms with Crippen LogP contribution in [0.4, 0.5) is 0 Å². The maximum Gasteiger partial charge on any atom is 0.343 e. The smallest absolute Gasteiger partial charge is 0.343 e. The molecule has 0 aliphatic rings. The van der Waals surface area contributed by atoms with Crippen molar-refractivity contribution in [3.63, 3.8) is 0 Å². The van der Waals surface area contributed by atoms with Crippen molar-refractivity contribution in [3.8, 4) is 0 Å². The third-order valence-corrected chi connectivity index (χ3v) is 3.69. The van der Waals surface area contributed by atoms with Gasteiger partial charge in [-0.1, -0.05) is 11.8 Å². The maximum atomic E-state index is 12.1. The molecule has 0 bridgehead atoms. The van der Waals surface area contributed by atoms with E-state index in [1.807, 2.05) is 20.8 Å². The summed E-state index contributed by atoms with van der Waals surface area (Å²) in [5.41, 5.74) is -0.549. The van der Waals surface area contributed by atoms with Crippen molar-refractivity contribution in [2.45, 2.75) is 56.6 Å². The number of H-pyrrole nitrogens is 1. The van der Waals surface area contributed by atoms with E-state index < -0.39 is 0 Å². The van der Waals surface area contributed by atoms with Crippen molar-refractivity contribution in [2.24, 2.45) is 0 Å². The van der Waals surface area contributed by atoms with Crippen molar-refractivity contribution in [2.75, 3.05) is 13.7 Å². The van der Waals surface area contributed by atoms with Gasteiger partial charge in [-0.2, -0.15) is 0 Å². The lowest BCUT2D eigenvalue weighted by molar-refractivity contribution is -0.121. The number of hydrogen-bond acceptors (Lipinski definition) is 5. The summed E-state index contributed by atoms with van der Waals surface area (Å²) in [5, 5.41) is 9.50. The average molecular weight is 316 g/mol. The standard InChI is InChI=1S/C13H24N4O3S/c1-9(10(18)14-13(2,3)4)21-12-16-15-11(19)17(12)7-6-8-20-5/h9H,6-8H2,1-5H3,(H,14,18)(H,15,19). The number of nitrogens with zero attached hydrogens (tertiary/aromatic N) is 2. The fourth-order valence-electron chi connectivity index (χ4n) is 1.64. The molecule has 1 aromatic heterocycles. The van der Waals surface area contributed by atoms with E-state index in [0.29, 0.717) is 24.7 Å². The van der Waals surface area contributed by atoms with Gasteiger partial charge in [0, 0.05) is 25.8 Å². The van der Waals surface area contributed by atoms with Gasteiger partial charge in [-0.05, 0) is 34.1 Å². The van der Waals surface area contributed by atoms with Crippen LogP contribution < -0.4 is 11.0 Å². The Morgan fingerprint density at radius 2 is 2.19 bits per heavy atom. The first-order valence-corrected chi connectivity index (χ1v) is 7.75. The molecule has 2 N–H and O–H groups in total. The zero-order valence-electron chi connectivity index (χ0n) is 13.2. The molecule has 1 atom stereocenters. The van der Waals surface area contributed by atoms with Crippen LogP contribution in [-0.4, -0.2) is 45.2 Å². The summed E-state index contributed by atoms with van der Waals surface area (Å²) in [7, 11) is 1.62. The van der Waals surface area contributed by atoms with Gasteiger partial charge in [0.2, 0.25) is 5.91 Å². The highest BCUT2D eigenvalue weighted by Gasteiger charge is 2.22. The number of ether oxygens (including phenoxy) is 1. The fraction of sp³-hybridized carbons (Fsp3) is 0.769. The second-order valence-electron chi connectivity index (χ2n) is 5.81. The third-order valence-electron chi connectivity index (χ3n) is 2.60. The fourth-order valence-corrected chi connectivity index (χ4v) is 2.52. The highest BCUT2D eigenvalue weighted by atomic mass is 32.2. The van der Waals surface area contributed by atoms with Crippen LogP contribution in [0.15, 0.2) is 9.95 Å². The Hall–Kier alpha value is -1.28. The molecule has 1 heterocycles. The van der Waals surface area contributed by atoms with Gasteiger partial charge in [0.05, 0.1) is 5.25 Å². The van der Waals surface area contributed by atoms with Crippen LogP contribution in [0.1, 0.15) is 34.1 Å². The predicted octanol–water partition coefficient (Wildman–Crippen LogP) is 1.00. The number of nitrogens with one attached hydrogen (secondary N) is 2. The van der Waals surface area contributed by atoms with Crippen molar-refractivity contribution in [1.82, 2.24) is 20.1 Å². The van der Waals surface area contributed by atoms with Crippen LogP contribution >= 0.6 is 11.8 Å². The van der Waals surface area contributed by atoms with Crippen LogP contribution in [0.2, 0.25) is 0 Å². The molecular formula is C13H24N4O3S. The molecule has 8 heteroatoms. The largest absolute Gasteiger partial charge is 0.385 e. The highest BCUT2D eigenvalue weighted by molar-refractivity contribution is 8.00. The molecule has 7 nitrogen and oxygen atoms in total. The lowest BCUT2D eigenvalue weighted by atomic mass is 10.1. The number of hydrogen-bond donors (Lipinski definition) is 2. The third kappa shape index (κ3) is 5.92. The van der Waals surface area contributed by atoms with Crippen molar-refractivity contribution in [3.05, 3.63) is 10.5 Å². The first-order valence-electron chi connectivity index (χ1n) is 6.87. The minimum absolute atomic E-state index is 0.0774. The number of thioether (sulfide) groups is 1. The minimum atomic E-state index is -0.333. The Balaban J connectivity index is 2.70. The molecule has 0 aliphatic heterocycles. The van der Waals surface area contributed by atoms with Crippen LogP contribution in [0.5, 0.6) is 0 Å². The normalized spacial score (nSPS) is 13.2. The molecule has 0 saturated heterocycles. The number of rotatable bonds is 7. The summed E-state index contributed by atoms with van der Waals surface area (Å²) in [6, 6.07) is 0. The van der Waals surface area contributed by atoms with E-state index in [1.165, 1.54) is 16.3 Å². The first-order chi connectivity index (χ1) is 9.74. The van der Waals surface area contributed by atoms with Crippen molar-refractivity contribution in [1.29, 1.82) is 0 Å². The summed E-state index contributed by atoms with van der Waals surface area (Å²) >= 11 is 1.27. The Kier molecular flexibility index (Phi) is 6.47. The quantitative estimate of drug-likeness (QED) is 0.579. The summed E-state index contributed by atoms with van der Waals surface area (Å²) in [6.07, 6.45) is 0.714. The van der Waals surface area contributed by atoms with Gasteiger partial charge in [0.15, 0.2) is 5.16 Å². The lowest BCUT2D eigenvalue weighted by Crippen LogP contribution is -2.44. The molecule has 0 spiro atoms. The highest BCUT2D eigenvalue weighted by Crippen LogP contribution is 2.20. The lowest BCUT2D eigenvalue weighted by Gasteiger charge is -2.22. The van der Waals surface area contributed by atoms with Gasteiger partial charge < -0.3 is 10.1 Å². The van der Waals surface area contributed by atoms with Crippen LogP contribution in [0, 0.1) is 0 Å². The molecule has 1 amide bonds. The molecule has 0 aliphatic carbocycles. The molecular weight excluding hydrogens is 292 g/mol. The van der Waals surface area contributed by atoms with E-state index in [4.69, 9.17) is 4.74 Å². The predicted molar refractivity (Wildman–Crippen MR) is 82.6 cm³/mol. The Morgan fingerprint density at radius 1 is 1.52 bits per heavy atom. The zero-order chi connectivity index (χ0) is 16.0. The summed E-state index contributed by atoms with van der Waals surface area (Å²) in [6.45, 7) is 8.66. The molecule has 0 radical (unpaired) electrons. The zero-order valence-corrected chi connectivity index (χ0v) is 14.0. The van der Waals surface area contributed by atoms with Gasteiger partial charge in [-0.3, -0.25) is 9.36 Å². The van der Waals surface area contributed by atoms with E-state index in [2.05, 4.69) is 15.5 Å². The maximum absolute atomic E-state index is 12.1. The topological polar surface area (TPSA) is 89.0 Å². The molecule has 120 valence electrons. The van der Waals surface area contributed by atoms with Crippen molar-refractivity contribution < 1.29 is 9.53 Å². The van der Waals surface area contributed by atoms with E-state index >= 15 is 0 Å². The van der Waals surface area contributed by atoms with E-state index in [9.17, 15) is 9.59 Å². The molecule has 1 aromatic rings. The molecule has 1 rings (SSSR count). The Labute approximate surface area is 128 Å². The van der Waals surface area contributed by atoms with Gasteiger partial charge in [0.1, 0.15) is 0 Å². The second-order valence-corrected chi connectivity index (χ2v) is 7.12. The molecule has 21 heavy (non-hydrogen) atoms. The first kappa shape index (κ1) is 17.8. The number of carbonyl (C=O) groups is 1. The number of methoxy groups -OCH3 is 1. The van der Waals surface area contributed by atoms with Crippen molar-refractivity contribution >= 4 is 17.7 Å². The van der Waals surface area contributed by atoms with Crippen LogP contribution in [0.25, 0.3) is 0 Å². The van der Waals surface area contributed by atoms with Gasteiger partial charge in [-0.15, -0.1) is 5.10 Å². The molecule has 0 saturated carbocycles. The number of amides is 1. The number of aromatic amines is 1. The van der Waals surface area contributed by atoms with Gasteiger partial charge in [0.25, 0.3) is 0 Å². The summed E-state index contributed by atoms with van der Waals surface area (Å²) < 4.78 is 6.51. The number of carbonyl (C=O) groups excluding carboxylic acids is 1. The van der Waals surface area contributed by atoms with Crippen LogP contribution in [-0.2, 0) is 16.1 Å². The molecule has 0 aromatic carbocycles. The van der Waals surface area contributed by atoms with E-state index in [-0.39, 0.29) is 22.4 Å². The van der Waals surface area contributed by atoms with Crippen LogP contribution in [0.3, 0.4) is 0 Å². The van der Waals surface area contributed by atoms with Gasteiger partial charge in [-0.25, -0.2) is 9.89 Å². The van der Waals surface area contributed by atoms with E-state index in [0.717, 1.165) is 0 Å². The molecule has 1 unspecified atom stereocenters. The monoisotopic (exact) mass is 316 g/mol. The SMILES string of the molecule is COCCCn1c(SC(C)C(=O)NC(C)(C)C)n[nH]c1=O. The van der Waals surface area contributed by atoms with Gasteiger partial charge >= 0.3 is 5.69 Å². The van der Waals surface area contributed by atoms with E-state index in [1.54, 1.807) is 14.0 Å². The minimum Gasteiger partial charge on any atom is -0.385 e. The Morgan fingerprint density at radius 3 is 2.76 bits per heavy atom. The molecule has 0 fully saturated rings. The number of aromatic nitrogens is 3. The average Bonchev–Trinajstić information content (AvgIpc) is 2.69. The summed E-state index contributed by atoms with van der Waals surface area (Å²) in [5.74, 6) is -0.0774. The second kappa shape index (κ2) is 7.65.